The number of nitrogens with zero attached hydrogens (tertiary/aromatic N) is 2. The van der Waals surface area contributed by atoms with Crippen LogP contribution in [0.3, 0.4) is 0 Å². The molecule has 76 valence electrons. The van der Waals surface area contributed by atoms with E-state index in [1.165, 1.54) is 19.3 Å². The van der Waals surface area contributed by atoms with E-state index in [4.69, 9.17) is 5.21 Å². The van der Waals surface area contributed by atoms with E-state index >= 15 is 0 Å². The highest BCUT2D eigenvalue weighted by Gasteiger charge is 2.26. The van der Waals surface area contributed by atoms with Crippen molar-refractivity contribution in [3.63, 3.8) is 0 Å². The molecule has 1 saturated carbocycles. The van der Waals surface area contributed by atoms with Gasteiger partial charge in [0, 0.05) is 5.92 Å². The van der Waals surface area contributed by atoms with Crippen LogP contribution < -0.4 is 0 Å². The van der Waals surface area contributed by atoms with Crippen LogP contribution in [0.2, 0.25) is 0 Å². The molecule has 1 unspecified atom stereocenters. The lowest BCUT2D eigenvalue weighted by atomic mass is 9.86. The first-order valence-corrected chi connectivity index (χ1v) is 5.04. The smallest absolute Gasteiger partial charge is 0.0863 e. The van der Waals surface area contributed by atoms with E-state index in [0.717, 1.165) is 23.2 Å². The monoisotopic (exact) mass is 185 g/mol. The van der Waals surface area contributed by atoms with Crippen LogP contribution in [0.5, 0.6) is 0 Å². The molecule has 0 heterocycles. The van der Waals surface area contributed by atoms with E-state index in [0.29, 0.717) is 5.92 Å². The third-order valence-electron chi connectivity index (χ3n) is 2.60. The van der Waals surface area contributed by atoms with Crippen molar-refractivity contribution < 1.29 is 9.69 Å². The zero-order valence-corrected chi connectivity index (χ0v) is 8.95. The van der Waals surface area contributed by atoms with Crippen LogP contribution in [0.1, 0.15) is 25.7 Å². The van der Waals surface area contributed by atoms with Gasteiger partial charge in [0.1, 0.15) is 0 Å². The zero-order chi connectivity index (χ0) is 9.90. The van der Waals surface area contributed by atoms with Gasteiger partial charge < -0.3 is 9.69 Å². The summed E-state index contributed by atoms with van der Waals surface area (Å²) in [5.74, 6) is 0.499. The van der Waals surface area contributed by atoms with Crippen molar-refractivity contribution in [2.75, 3.05) is 27.7 Å². The van der Waals surface area contributed by atoms with E-state index in [1.807, 2.05) is 0 Å². The molecule has 0 aromatic heterocycles. The van der Waals surface area contributed by atoms with Gasteiger partial charge in [0.15, 0.2) is 0 Å². The number of oxime groups is 1. The fourth-order valence-corrected chi connectivity index (χ4v) is 2.06. The second kappa shape index (κ2) is 4.09. The van der Waals surface area contributed by atoms with Crippen molar-refractivity contribution in [3.05, 3.63) is 0 Å². The van der Waals surface area contributed by atoms with Crippen molar-refractivity contribution in [1.82, 2.24) is 0 Å². The Kier molecular flexibility index (Phi) is 3.31. The molecule has 0 saturated heterocycles. The highest BCUT2D eigenvalue weighted by molar-refractivity contribution is 5.86. The Labute approximate surface area is 80.6 Å². The van der Waals surface area contributed by atoms with Gasteiger partial charge in [0.25, 0.3) is 0 Å². The van der Waals surface area contributed by atoms with Gasteiger partial charge in [-0.25, -0.2) is 0 Å². The van der Waals surface area contributed by atoms with Crippen LogP contribution in [0.4, 0.5) is 0 Å². The first-order chi connectivity index (χ1) is 6.03. The van der Waals surface area contributed by atoms with Gasteiger partial charge in [0.2, 0.25) is 0 Å². The molecule has 1 aliphatic carbocycles. The SMILES string of the molecule is C[N+](C)(C)CC1CCCCC1=NO. The van der Waals surface area contributed by atoms with Crippen LogP contribution >= 0.6 is 0 Å². The van der Waals surface area contributed by atoms with E-state index in [-0.39, 0.29) is 0 Å². The summed E-state index contributed by atoms with van der Waals surface area (Å²) < 4.78 is 0.948. The predicted octanol–water partition coefficient (Wildman–Crippen LogP) is 1.71. The molecule has 0 aliphatic heterocycles. The van der Waals surface area contributed by atoms with Crippen molar-refractivity contribution >= 4 is 5.71 Å². The van der Waals surface area contributed by atoms with Gasteiger partial charge in [-0.15, -0.1) is 0 Å². The maximum atomic E-state index is 8.84. The first-order valence-electron chi connectivity index (χ1n) is 5.04. The minimum Gasteiger partial charge on any atom is -0.411 e. The Morgan fingerprint density at radius 1 is 1.38 bits per heavy atom. The zero-order valence-electron chi connectivity index (χ0n) is 8.95. The standard InChI is InChI=1S/C10H20N2O/c1-12(2,3)8-9-6-4-5-7-10(9)11-13/h9H,4-8H2,1-3H3/p+1. The number of hydrogen-bond acceptors (Lipinski definition) is 2. The summed E-state index contributed by atoms with van der Waals surface area (Å²) >= 11 is 0. The second-order valence-electron chi connectivity index (χ2n) is 5.01. The van der Waals surface area contributed by atoms with E-state index in [2.05, 4.69) is 26.3 Å². The lowest BCUT2D eigenvalue weighted by Crippen LogP contribution is -2.42. The minimum atomic E-state index is 0.499. The molecule has 1 aliphatic rings. The van der Waals surface area contributed by atoms with Crippen molar-refractivity contribution in [2.45, 2.75) is 25.7 Å². The molecule has 0 amide bonds. The highest BCUT2D eigenvalue weighted by Crippen LogP contribution is 2.23. The molecule has 0 radical (unpaired) electrons. The summed E-state index contributed by atoms with van der Waals surface area (Å²) in [6.07, 6.45) is 4.65. The van der Waals surface area contributed by atoms with E-state index in [1.54, 1.807) is 0 Å². The van der Waals surface area contributed by atoms with Gasteiger partial charge >= 0.3 is 0 Å². The van der Waals surface area contributed by atoms with Crippen molar-refractivity contribution in [1.29, 1.82) is 0 Å². The number of quaternary nitrogens is 1. The quantitative estimate of drug-likeness (QED) is 0.396. The first kappa shape index (κ1) is 10.5. The minimum absolute atomic E-state index is 0.499. The summed E-state index contributed by atoms with van der Waals surface area (Å²) in [5, 5.41) is 12.3. The van der Waals surface area contributed by atoms with Crippen molar-refractivity contribution in [2.24, 2.45) is 11.1 Å². The molecule has 1 N–H and O–H groups in total. The van der Waals surface area contributed by atoms with Crippen molar-refractivity contribution in [3.8, 4) is 0 Å². The largest absolute Gasteiger partial charge is 0.411 e. The average Bonchev–Trinajstić information content (AvgIpc) is 2.02. The molecule has 0 aromatic carbocycles. The Morgan fingerprint density at radius 2 is 2.08 bits per heavy atom. The average molecular weight is 185 g/mol. The summed E-state index contributed by atoms with van der Waals surface area (Å²) in [7, 11) is 6.55. The van der Waals surface area contributed by atoms with Gasteiger partial charge in [-0.1, -0.05) is 11.6 Å². The molecule has 3 nitrogen and oxygen atoms in total. The topological polar surface area (TPSA) is 32.6 Å². The van der Waals surface area contributed by atoms with E-state index in [9.17, 15) is 0 Å². The fraction of sp³-hybridized carbons (Fsp3) is 0.900. The van der Waals surface area contributed by atoms with Crippen LogP contribution in [0.15, 0.2) is 5.16 Å². The molecule has 0 aromatic rings. The third-order valence-corrected chi connectivity index (χ3v) is 2.60. The van der Waals surface area contributed by atoms with Crippen LogP contribution in [0.25, 0.3) is 0 Å². The van der Waals surface area contributed by atoms with Gasteiger partial charge in [-0.2, -0.15) is 0 Å². The summed E-state index contributed by atoms with van der Waals surface area (Å²) in [6.45, 7) is 1.08. The molecule has 0 spiro atoms. The molecular formula is C10H21N2O+. The maximum absolute atomic E-state index is 8.84. The number of hydrogen-bond donors (Lipinski definition) is 1. The van der Waals surface area contributed by atoms with E-state index < -0.39 is 0 Å². The van der Waals surface area contributed by atoms with Crippen LogP contribution in [-0.4, -0.2) is 43.1 Å². The molecule has 1 fully saturated rings. The second-order valence-corrected chi connectivity index (χ2v) is 5.01. The Hall–Kier alpha value is -0.570. The highest BCUT2D eigenvalue weighted by atomic mass is 16.4. The molecule has 3 heteroatoms. The van der Waals surface area contributed by atoms with Gasteiger partial charge in [-0.05, 0) is 19.3 Å². The molecule has 0 bridgehead atoms. The third kappa shape index (κ3) is 3.35. The summed E-state index contributed by atoms with van der Waals surface area (Å²) in [5.41, 5.74) is 1.01. The molecule has 1 rings (SSSR count). The van der Waals surface area contributed by atoms with Gasteiger partial charge in [-0.3, -0.25) is 0 Å². The number of rotatable bonds is 2. The predicted molar refractivity (Wildman–Crippen MR) is 54.1 cm³/mol. The molecule has 13 heavy (non-hydrogen) atoms. The molecular weight excluding hydrogens is 164 g/mol. The van der Waals surface area contributed by atoms with Gasteiger partial charge in [0.05, 0.1) is 33.4 Å². The fourth-order valence-electron chi connectivity index (χ4n) is 2.06. The Morgan fingerprint density at radius 3 is 2.62 bits per heavy atom. The normalized spacial score (nSPS) is 27.9. The molecule has 1 atom stereocenters. The maximum Gasteiger partial charge on any atom is 0.0863 e. The Balaban J connectivity index is 2.56. The lowest BCUT2D eigenvalue weighted by molar-refractivity contribution is -0.872. The van der Waals surface area contributed by atoms with Crippen LogP contribution in [-0.2, 0) is 0 Å². The Bertz CT molecular complexity index is 194. The summed E-state index contributed by atoms with van der Waals surface area (Å²) in [4.78, 5) is 0. The summed E-state index contributed by atoms with van der Waals surface area (Å²) in [6, 6.07) is 0. The lowest BCUT2D eigenvalue weighted by Gasteiger charge is -2.31. The van der Waals surface area contributed by atoms with Crippen LogP contribution in [0, 0.1) is 5.92 Å².